The van der Waals surface area contributed by atoms with E-state index < -0.39 is 5.91 Å². The summed E-state index contributed by atoms with van der Waals surface area (Å²) < 4.78 is 11.9. The second kappa shape index (κ2) is 9.01. The summed E-state index contributed by atoms with van der Waals surface area (Å²) in [6.45, 7) is 3.22. The fourth-order valence-corrected chi connectivity index (χ4v) is 2.70. The van der Waals surface area contributed by atoms with Crippen molar-refractivity contribution >= 4 is 23.0 Å². The van der Waals surface area contributed by atoms with Gasteiger partial charge in [0.15, 0.2) is 5.69 Å². The van der Waals surface area contributed by atoms with Crippen LogP contribution in [0.3, 0.4) is 0 Å². The zero-order valence-corrected chi connectivity index (χ0v) is 15.8. The predicted octanol–water partition coefficient (Wildman–Crippen LogP) is 2.36. The van der Waals surface area contributed by atoms with Crippen LogP contribution in [0.4, 0.5) is 5.69 Å². The summed E-state index contributed by atoms with van der Waals surface area (Å²) in [7, 11) is 1.56. The molecule has 0 aliphatic rings. The number of nitrogens with zero attached hydrogens (tertiary/aromatic N) is 2. The normalized spacial score (nSPS) is 10.6. The molecular formula is C20H22N4O4. The summed E-state index contributed by atoms with van der Waals surface area (Å²) in [5.74, 6) is 0.0914. The minimum absolute atomic E-state index is 0.142. The number of benzene rings is 1. The highest BCUT2D eigenvalue weighted by Gasteiger charge is 2.21. The maximum absolute atomic E-state index is 12.8. The number of anilines is 1. The van der Waals surface area contributed by atoms with E-state index in [1.807, 2.05) is 6.92 Å². The van der Waals surface area contributed by atoms with Gasteiger partial charge in [-0.3, -0.25) is 14.0 Å². The zero-order chi connectivity index (χ0) is 19.9. The van der Waals surface area contributed by atoms with Gasteiger partial charge < -0.3 is 20.1 Å². The number of pyridine rings is 1. The number of carbonyl (C=O) groups excluding carboxylic acids is 2. The van der Waals surface area contributed by atoms with Crippen molar-refractivity contribution in [3.63, 3.8) is 0 Å². The van der Waals surface area contributed by atoms with Crippen molar-refractivity contribution in [2.24, 2.45) is 0 Å². The maximum Gasteiger partial charge on any atom is 0.287 e. The molecular weight excluding hydrogens is 360 g/mol. The second-order valence-corrected chi connectivity index (χ2v) is 5.90. The van der Waals surface area contributed by atoms with Gasteiger partial charge in [0, 0.05) is 25.5 Å². The Balaban J connectivity index is 1.83. The van der Waals surface area contributed by atoms with E-state index in [0.29, 0.717) is 31.0 Å². The van der Waals surface area contributed by atoms with Gasteiger partial charge >= 0.3 is 0 Å². The third-order valence-corrected chi connectivity index (χ3v) is 3.98. The van der Waals surface area contributed by atoms with Crippen LogP contribution in [-0.4, -0.2) is 48.1 Å². The summed E-state index contributed by atoms with van der Waals surface area (Å²) in [5.41, 5.74) is 1.32. The Morgan fingerprint density at radius 3 is 2.61 bits per heavy atom. The number of imidazole rings is 1. The maximum atomic E-state index is 12.8. The van der Waals surface area contributed by atoms with Crippen molar-refractivity contribution in [2.75, 3.05) is 32.2 Å². The number of hydrogen-bond donors (Lipinski definition) is 2. The SMILES string of the molecule is CCOc1ccc(NC(=O)c2nc(C(=O)NCCOC)n3ccccc23)cc1. The van der Waals surface area contributed by atoms with E-state index in [1.165, 1.54) is 0 Å². The number of hydrogen-bond acceptors (Lipinski definition) is 5. The monoisotopic (exact) mass is 382 g/mol. The van der Waals surface area contributed by atoms with E-state index in [2.05, 4.69) is 15.6 Å². The first-order valence-electron chi connectivity index (χ1n) is 8.92. The molecule has 0 aliphatic carbocycles. The van der Waals surface area contributed by atoms with Crippen molar-refractivity contribution in [2.45, 2.75) is 6.92 Å². The third-order valence-electron chi connectivity index (χ3n) is 3.98. The van der Waals surface area contributed by atoms with Crippen LogP contribution < -0.4 is 15.4 Å². The highest BCUT2D eigenvalue weighted by Crippen LogP contribution is 2.18. The first-order valence-corrected chi connectivity index (χ1v) is 8.92. The molecule has 0 unspecified atom stereocenters. The van der Waals surface area contributed by atoms with Gasteiger partial charge in [-0.1, -0.05) is 6.07 Å². The fourth-order valence-electron chi connectivity index (χ4n) is 2.70. The lowest BCUT2D eigenvalue weighted by molar-refractivity contribution is 0.0926. The molecule has 0 fully saturated rings. The van der Waals surface area contributed by atoms with Gasteiger partial charge in [-0.2, -0.15) is 0 Å². The van der Waals surface area contributed by atoms with Crippen LogP contribution in [0.15, 0.2) is 48.7 Å². The van der Waals surface area contributed by atoms with Gasteiger partial charge in [0.05, 0.1) is 18.7 Å². The van der Waals surface area contributed by atoms with Gasteiger partial charge in [0.25, 0.3) is 11.8 Å². The van der Waals surface area contributed by atoms with Crippen molar-refractivity contribution in [3.05, 3.63) is 60.2 Å². The summed E-state index contributed by atoms with van der Waals surface area (Å²) in [4.78, 5) is 29.5. The molecule has 0 bridgehead atoms. The van der Waals surface area contributed by atoms with Gasteiger partial charge in [0.1, 0.15) is 5.75 Å². The molecule has 0 radical (unpaired) electrons. The van der Waals surface area contributed by atoms with E-state index in [0.717, 1.165) is 5.75 Å². The number of methoxy groups -OCH3 is 1. The van der Waals surface area contributed by atoms with Crippen LogP contribution in [0.25, 0.3) is 5.52 Å². The minimum Gasteiger partial charge on any atom is -0.494 e. The van der Waals surface area contributed by atoms with Crippen molar-refractivity contribution < 1.29 is 19.1 Å². The predicted molar refractivity (Wildman–Crippen MR) is 105 cm³/mol. The fraction of sp³-hybridized carbons (Fsp3) is 0.250. The molecule has 3 aromatic rings. The molecule has 0 saturated carbocycles. The Kier molecular flexibility index (Phi) is 6.23. The quantitative estimate of drug-likeness (QED) is 0.584. The highest BCUT2D eigenvalue weighted by molar-refractivity contribution is 6.08. The molecule has 2 heterocycles. The zero-order valence-electron chi connectivity index (χ0n) is 15.8. The third kappa shape index (κ3) is 4.29. The molecule has 2 amide bonds. The van der Waals surface area contributed by atoms with Crippen LogP contribution >= 0.6 is 0 Å². The van der Waals surface area contributed by atoms with E-state index in [-0.39, 0.29) is 17.4 Å². The molecule has 0 spiro atoms. The molecule has 0 aliphatic heterocycles. The molecule has 2 N–H and O–H groups in total. The molecule has 28 heavy (non-hydrogen) atoms. The molecule has 3 rings (SSSR count). The Hall–Kier alpha value is -3.39. The van der Waals surface area contributed by atoms with Gasteiger partial charge in [-0.25, -0.2) is 4.98 Å². The average molecular weight is 382 g/mol. The van der Waals surface area contributed by atoms with Crippen LogP contribution in [-0.2, 0) is 4.74 Å². The lowest BCUT2D eigenvalue weighted by Crippen LogP contribution is -2.28. The van der Waals surface area contributed by atoms with Crippen LogP contribution in [0.1, 0.15) is 28.0 Å². The molecule has 146 valence electrons. The van der Waals surface area contributed by atoms with E-state index in [9.17, 15) is 9.59 Å². The first-order chi connectivity index (χ1) is 13.6. The molecule has 0 saturated heterocycles. The molecule has 0 atom stereocenters. The van der Waals surface area contributed by atoms with Gasteiger partial charge in [0.2, 0.25) is 5.82 Å². The number of rotatable bonds is 8. The highest BCUT2D eigenvalue weighted by atomic mass is 16.5. The number of carbonyl (C=O) groups is 2. The van der Waals surface area contributed by atoms with Crippen LogP contribution in [0.2, 0.25) is 0 Å². The Bertz CT molecular complexity index is 966. The standard InChI is InChI=1S/C20H22N4O4/c1-3-28-15-9-7-14(8-10-15)22-19(25)17-16-6-4-5-12-24(16)18(23-17)20(26)21-11-13-27-2/h4-10,12H,3,11,13H2,1-2H3,(H,21,26)(H,22,25). The van der Waals surface area contributed by atoms with Crippen molar-refractivity contribution in [1.29, 1.82) is 0 Å². The average Bonchev–Trinajstić information content (AvgIpc) is 3.10. The molecule has 1 aromatic carbocycles. The van der Waals surface area contributed by atoms with Crippen molar-refractivity contribution in [1.82, 2.24) is 14.7 Å². The molecule has 8 nitrogen and oxygen atoms in total. The lowest BCUT2D eigenvalue weighted by Gasteiger charge is -2.06. The lowest BCUT2D eigenvalue weighted by atomic mass is 10.2. The summed E-state index contributed by atoms with van der Waals surface area (Å²) in [5, 5.41) is 5.52. The largest absolute Gasteiger partial charge is 0.494 e. The van der Waals surface area contributed by atoms with Gasteiger partial charge in [-0.05, 0) is 43.3 Å². The molecule has 2 aromatic heterocycles. The number of amides is 2. The van der Waals surface area contributed by atoms with E-state index in [4.69, 9.17) is 9.47 Å². The smallest absolute Gasteiger partial charge is 0.287 e. The number of ether oxygens (including phenoxy) is 2. The Morgan fingerprint density at radius 2 is 1.89 bits per heavy atom. The minimum atomic E-state index is -0.399. The first kappa shape index (κ1) is 19.4. The van der Waals surface area contributed by atoms with E-state index >= 15 is 0 Å². The second-order valence-electron chi connectivity index (χ2n) is 5.90. The molecule has 8 heteroatoms. The van der Waals surface area contributed by atoms with Crippen LogP contribution in [0, 0.1) is 0 Å². The number of nitrogens with one attached hydrogen (secondary N) is 2. The topological polar surface area (TPSA) is 94.0 Å². The van der Waals surface area contributed by atoms with E-state index in [1.54, 1.807) is 60.2 Å². The number of fused-ring (bicyclic) bond motifs is 1. The summed E-state index contributed by atoms with van der Waals surface area (Å²) >= 11 is 0. The summed E-state index contributed by atoms with van der Waals surface area (Å²) in [6, 6.07) is 12.4. The van der Waals surface area contributed by atoms with Crippen molar-refractivity contribution in [3.8, 4) is 5.75 Å². The summed E-state index contributed by atoms with van der Waals surface area (Å²) in [6.07, 6.45) is 1.70. The van der Waals surface area contributed by atoms with Crippen LogP contribution in [0.5, 0.6) is 5.75 Å². The Morgan fingerprint density at radius 1 is 1.11 bits per heavy atom. The Labute approximate surface area is 162 Å². The van der Waals surface area contributed by atoms with Gasteiger partial charge in [-0.15, -0.1) is 0 Å². The number of aromatic nitrogens is 2.